The summed E-state index contributed by atoms with van der Waals surface area (Å²) in [5, 5.41) is 0.572. The van der Waals surface area contributed by atoms with Crippen LogP contribution in [0.3, 0.4) is 0 Å². The average molecular weight is 277 g/mol. The zero-order valence-electron chi connectivity index (χ0n) is 11.5. The maximum Gasteiger partial charge on any atom is 0.279 e. The van der Waals surface area contributed by atoms with E-state index in [1.54, 1.807) is 0 Å². The first-order chi connectivity index (χ1) is 10.2. The van der Waals surface area contributed by atoms with Crippen LogP contribution in [0.25, 0.3) is 22.0 Å². The number of hydrogen-bond acceptors (Lipinski definition) is 3. The molecule has 0 saturated heterocycles. The van der Waals surface area contributed by atoms with E-state index in [-0.39, 0.29) is 5.56 Å². The third kappa shape index (κ3) is 2.00. The Morgan fingerprint density at radius 1 is 1.05 bits per heavy atom. The average Bonchev–Trinajstić information content (AvgIpc) is 3.36. The van der Waals surface area contributed by atoms with E-state index in [1.807, 2.05) is 48.5 Å². The fourth-order valence-corrected chi connectivity index (χ4v) is 2.66. The molecule has 2 N–H and O–H groups in total. The van der Waals surface area contributed by atoms with E-state index in [0.29, 0.717) is 17.1 Å². The van der Waals surface area contributed by atoms with Gasteiger partial charge in [-0.3, -0.25) is 4.79 Å². The van der Waals surface area contributed by atoms with E-state index < -0.39 is 0 Å². The molecule has 1 aliphatic carbocycles. The molecule has 1 fully saturated rings. The summed E-state index contributed by atoms with van der Waals surface area (Å²) in [6.45, 7) is 0. The van der Waals surface area contributed by atoms with E-state index in [9.17, 15) is 4.79 Å². The van der Waals surface area contributed by atoms with Gasteiger partial charge in [0.05, 0.1) is 10.9 Å². The van der Waals surface area contributed by atoms with Crippen molar-refractivity contribution in [2.24, 2.45) is 0 Å². The Morgan fingerprint density at radius 3 is 2.52 bits per heavy atom. The van der Waals surface area contributed by atoms with Gasteiger partial charge in [-0.1, -0.05) is 36.4 Å². The first-order valence-electron chi connectivity index (χ1n) is 7.11. The largest absolute Gasteiger partial charge is 0.335 e. The van der Waals surface area contributed by atoms with Gasteiger partial charge in [-0.05, 0) is 36.1 Å². The molecule has 4 nitrogen and oxygen atoms in total. The van der Waals surface area contributed by atoms with Crippen molar-refractivity contribution in [3.63, 3.8) is 0 Å². The SMILES string of the molecule is Nn1c(C2CC2)nc2ccc(-c3ccccc3)cc2c1=O. The van der Waals surface area contributed by atoms with Gasteiger partial charge in [-0.15, -0.1) is 0 Å². The standard InChI is InChI=1S/C17H15N3O/c18-20-16(12-6-7-12)19-15-9-8-13(10-14(15)17(20)21)11-4-2-1-3-5-11/h1-5,8-10,12H,6-7,18H2. The van der Waals surface area contributed by atoms with Crippen LogP contribution < -0.4 is 11.4 Å². The van der Waals surface area contributed by atoms with Crippen molar-refractivity contribution in [1.82, 2.24) is 9.66 Å². The van der Waals surface area contributed by atoms with Crippen LogP contribution in [0.5, 0.6) is 0 Å². The number of aromatic nitrogens is 2. The number of fused-ring (bicyclic) bond motifs is 1. The van der Waals surface area contributed by atoms with E-state index in [1.165, 1.54) is 4.68 Å². The summed E-state index contributed by atoms with van der Waals surface area (Å²) < 4.78 is 1.22. The predicted molar refractivity (Wildman–Crippen MR) is 83.6 cm³/mol. The molecule has 2 aromatic carbocycles. The van der Waals surface area contributed by atoms with Crippen molar-refractivity contribution in [1.29, 1.82) is 0 Å². The van der Waals surface area contributed by atoms with Crippen molar-refractivity contribution in [3.05, 3.63) is 64.7 Å². The minimum Gasteiger partial charge on any atom is -0.335 e. The first-order valence-corrected chi connectivity index (χ1v) is 7.11. The summed E-state index contributed by atoms with van der Waals surface area (Å²) in [7, 11) is 0. The summed E-state index contributed by atoms with van der Waals surface area (Å²) in [4.78, 5) is 17.0. The Bertz CT molecular complexity index is 880. The topological polar surface area (TPSA) is 60.9 Å². The summed E-state index contributed by atoms with van der Waals surface area (Å²) in [5.41, 5.74) is 2.64. The minimum absolute atomic E-state index is 0.167. The molecule has 4 rings (SSSR count). The fraction of sp³-hybridized carbons (Fsp3) is 0.176. The highest BCUT2D eigenvalue weighted by atomic mass is 16.1. The van der Waals surface area contributed by atoms with Crippen LogP contribution in [0.4, 0.5) is 0 Å². The Morgan fingerprint density at radius 2 is 1.81 bits per heavy atom. The highest BCUT2D eigenvalue weighted by molar-refractivity contribution is 5.83. The van der Waals surface area contributed by atoms with Gasteiger partial charge in [0.1, 0.15) is 5.82 Å². The van der Waals surface area contributed by atoms with Crippen LogP contribution in [0.15, 0.2) is 53.3 Å². The lowest BCUT2D eigenvalue weighted by Gasteiger charge is -2.09. The molecule has 0 spiro atoms. The van der Waals surface area contributed by atoms with Gasteiger partial charge in [-0.25, -0.2) is 9.66 Å². The summed E-state index contributed by atoms with van der Waals surface area (Å²) in [6.07, 6.45) is 2.13. The molecule has 1 saturated carbocycles. The summed E-state index contributed by atoms with van der Waals surface area (Å²) >= 11 is 0. The number of rotatable bonds is 2. The minimum atomic E-state index is -0.167. The fourth-order valence-electron chi connectivity index (χ4n) is 2.66. The lowest BCUT2D eigenvalue weighted by molar-refractivity contribution is 0.791. The van der Waals surface area contributed by atoms with E-state index >= 15 is 0 Å². The van der Waals surface area contributed by atoms with Gasteiger partial charge in [0.2, 0.25) is 0 Å². The number of nitrogens with two attached hydrogens (primary N) is 1. The number of nitrogens with zero attached hydrogens (tertiary/aromatic N) is 2. The second-order valence-corrected chi connectivity index (χ2v) is 5.52. The van der Waals surface area contributed by atoms with Crippen LogP contribution >= 0.6 is 0 Å². The Balaban J connectivity index is 1.94. The van der Waals surface area contributed by atoms with E-state index in [4.69, 9.17) is 5.84 Å². The molecule has 3 aromatic rings. The highest BCUT2D eigenvalue weighted by Crippen LogP contribution is 2.38. The third-order valence-electron chi connectivity index (χ3n) is 3.98. The highest BCUT2D eigenvalue weighted by Gasteiger charge is 2.28. The molecule has 0 bridgehead atoms. The van der Waals surface area contributed by atoms with Crippen LogP contribution in [0.2, 0.25) is 0 Å². The van der Waals surface area contributed by atoms with Crippen LogP contribution in [0.1, 0.15) is 24.6 Å². The molecule has 1 heterocycles. The van der Waals surface area contributed by atoms with Crippen LogP contribution in [-0.4, -0.2) is 9.66 Å². The van der Waals surface area contributed by atoms with Crippen molar-refractivity contribution >= 4 is 10.9 Å². The summed E-state index contributed by atoms with van der Waals surface area (Å²) in [6, 6.07) is 15.8. The molecular weight excluding hydrogens is 262 g/mol. The smallest absolute Gasteiger partial charge is 0.279 e. The third-order valence-corrected chi connectivity index (χ3v) is 3.98. The molecular formula is C17H15N3O. The quantitative estimate of drug-likeness (QED) is 0.732. The molecule has 0 amide bonds. The molecule has 104 valence electrons. The molecule has 0 radical (unpaired) electrons. The maximum atomic E-state index is 12.5. The van der Waals surface area contributed by atoms with Gasteiger partial charge in [0, 0.05) is 5.92 Å². The second kappa shape index (κ2) is 4.45. The monoisotopic (exact) mass is 277 g/mol. The van der Waals surface area contributed by atoms with Gasteiger partial charge < -0.3 is 5.84 Å². The second-order valence-electron chi connectivity index (χ2n) is 5.52. The zero-order valence-corrected chi connectivity index (χ0v) is 11.5. The van der Waals surface area contributed by atoms with Crippen molar-refractivity contribution in [2.45, 2.75) is 18.8 Å². The predicted octanol–water partition coefficient (Wildman–Crippen LogP) is 2.65. The molecule has 0 unspecified atom stereocenters. The Hall–Kier alpha value is -2.62. The van der Waals surface area contributed by atoms with Crippen LogP contribution in [-0.2, 0) is 0 Å². The van der Waals surface area contributed by atoms with Gasteiger partial charge in [-0.2, -0.15) is 0 Å². The number of benzene rings is 2. The Kier molecular flexibility index (Phi) is 2.57. The molecule has 0 aliphatic heterocycles. The maximum absolute atomic E-state index is 12.5. The van der Waals surface area contributed by atoms with Crippen molar-refractivity contribution in [2.75, 3.05) is 5.84 Å². The van der Waals surface area contributed by atoms with Gasteiger partial charge >= 0.3 is 0 Å². The van der Waals surface area contributed by atoms with Gasteiger partial charge in [0.15, 0.2) is 0 Å². The zero-order chi connectivity index (χ0) is 14.4. The number of nitrogen functional groups attached to an aromatic ring is 1. The summed E-state index contributed by atoms with van der Waals surface area (Å²) in [5.74, 6) is 6.98. The van der Waals surface area contributed by atoms with Crippen molar-refractivity contribution < 1.29 is 0 Å². The lowest BCUT2D eigenvalue weighted by atomic mass is 10.0. The first kappa shape index (κ1) is 12.1. The van der Waals surface area contributed by atoms with E-state index in [2.05, 4.69) is 4.98 Å². The molecule has 1 aliphatic rings. The lowest BCUT2D eigenvalue weighted by Crippen LogP contribution is -2.31. The van der Waals surface area contributed by atoms with Gasteiger partial charge in [0.25, 0.3) is 5.56 Å². The number of hydrogen-bond donors (Lipinski definition) is 1. The molecule has 4 heteroatoms. The molecule has 21 heavy (non-hydrogen) atoms. The van der Waals surface area contributed by atoms with Crippen molar-refractivity contribution in [3.8, 4) is 11.1 Å². The molecule has 1 aromatic heterocycles. The van der Waals surface area contributed by atoms with Crippen LogP contribution in [0, 0.1) is 0 Å². The van der Waals surface area contributed by atoms with E-state index in [0.717, 1.165) is 29.5 Å². The Labute approximate surface area is 121 Å². The normalized spacial score (nSPS) is 14.5. The molecule has 0 atom stereocenters.